The Morgan fingerprint density at radius 1 is 1.19 bits per heavy atom. The number of carbonyl (C=O) groups is 2. The van der Waals surface area contributed by atoms with Crippen LogP contribution in [0.5, 0.6) is 0 Å². The molecule has 1 aliphatic heterocycles. The fraction of sp³-hybridized carbons (Fsp3) is 0.778. The number of imide groups is 1. The van der Waals surface area contributed by atoms with Crippen molar-refractivity contribution in [3.63, 3.8) is 0 Å². The summed E-state index contributed by atoms with van der Waals surface area (Å²) in [7, 11) is 4.83. The van der Waals surface area contributed by atoms with E-state index in [1.165, 1.54) is 4.90 Å². The molecule has 0 unspecified atom stereocenters. The Labute approximate surface area is 95.1 Å². The van der Waals surface area contributed by atoms with Gasteiger partial charge in [0.25, 0.3) is 0 Å². The second-order valence-electron chi connectivity index (χ2n) is 3.51. The van der Waals surface area contributed by atoms with Crippen LogP contribution in [0.1, 0.15) is 13.3 Å². The molecule has 1 heterocycles. The lowest BCUT2D eigenvalue weighted by Crippen LogP contribution is -2.67. The molecule has 0 bridgehead atoms. The number of rotatable bonds is 5. The average Bonchev–Trinajstić information content (AvgIpc) is 2.49. The summed E-state index contributed by atoms with van der Waals surface area (Å²) in [6, 6.07) is -0.349. The molecule has 1 rings (SSSR count). The molecule has 0 aromatic heterocycles. The van der Waals surface area contributed by atoms with Crippen LogP contribution in [-0.4, -0.2) is 55.3 Å². The van der Waals surface area contributed by atoms with Gasteiger partial charge in [0.15, 0.2) is 0 Å². The summed E-state index contributed by atoms with van der Waals surface area (Å²) in [6.45, 7) is 2.46. The molecule has 0 atom stereocenters. The Bertz CT molecular complexity index is 290. The van der Waals surface area contributed by atoms with Crippen molar-refractivity contribution in [3.8, 4) is 0 Å². The van der Waals surface area contributed by atoms with Gasteiger partial charge in [0.1, 0.15) is 0 Å². The first-order chi connectivity index (χ1) is 7.58. The monoisotopic (exact) mass is 229 g/mol. The van der Waals surface area contributed by atoms with E-state index >= 15 is 0 Å². The van der Waals surface area contributed by atoms with Crippen LogP contribution in [-0.2, 0) is 4.79 Å². The second-order valence-corrected chi connectivity index (χ2v) is 3.51. The van der Waals surface area contributed by atoms with Gasteiger partial charge >= 0.3 is 11.9 Å². The molecular weight excluding hydrogens is 210 g/mol. The number of likely N-dealkylation sites (N-methyl/N-ethyl adjacent to an activating group) is 2. The van der Waals surface area contributed by atoms with Crippen molar-refractivity contribution >= 4 is 11.9 Å². The van der Waals surface area contributed by atoms with Crippen LogP contribution in [0, 0.1) is 0 Å². The highest BCUT2D eigenvalue weighted by Gasteiger charge is 2.55. The fourth-order valence-corrected chi connectivity index (χ4v) is 1.92. The molecule has 1 fully saturated rings. The van der Waals surface area contributed by atoms with Gasteiger partial charge in [0.05, 0.1) is 0 Å². The highest BCUT2D eigenvalue weighted by Crippen LogP contribution is 2.21. The largest absolute Gasteiger partial charge is 0.344 e. The molecule has 0 aliphatic carbocycles. The van der Waals surface area contributed by atoms with Gasteiger partial charge in [0.2, 0.25) is 5.79 Å². The summed E-state index contributed by atoms with van der Waals surface area (Å²) >= 11 is 0. The third-order valence-electron chi connectivity index (χ3n) is 2.73. The van der Waals surface area contributed by atoms with Gasteiger partial charge < -0.3 is 0 Å². The SMILES string of the molecule is CCCN1C(=O)N(NC)C(=O)C1(NC)NC. The lowest BCUT2D eigenvalue weighted by molar-refractivity contribution is -0.137. The van der Waals surface area contributed by atoms with Crippen LogP contribution in [0.15, 0.2) is 0 Å². The van der Waals surface area contributed by atoms with Crippen molar-refractivity contribution in [2.75, 3.05) is 27.7 Å². The highest BCUT2D eigenvalue weighted by molar-refractivity contribution is 6.05. The average molecular weight is 229 g/mol. The quantitative estimate of drug-likeness (QED) is 0.411. The van der Waals surface area contributed by atoms with Crippen molar-refractivity contribution < 1.29 is 9.59 Å². The highest BCUT2D eigenvalue weighted by atomic mass is 16.2. The van der Waals surface area contributed by atoms with Crippen LogP contribution < -0.4 is 16.1 Å². The van der Waals surface area contributed by atoms with E-state index in [2.05, 4.69) is 16.1 Å². The number of hydrazine groups is 1. The zero-order chi connectivity index (χ0) is 12.3. The summed E-state index contributed by atoms with van der Waals surface area (Å²) in [5.74, 6) is -1.49. The molecule has 3 amide bonds. The molecule has 0 saturated carbocycles. The maximum atomic E-state index is 12.1. The minimum atomic E-state index is -1.14. The normalized spacial score (nSPS) is 19.8. The smallest absolute Gasteiger partial charge is 0.284 e. The lowest BCUT2D eigenvalue weighted by atomic mass is 10.3. The van der Waals surface area contributed by atoms with Gasteiger partial charge in [-0.2, -0.15) is 5.01 Å². The fourth-order valence-electron chi connectivity index (χ4n) is 1.92. The van der Waals surface area contributed by atoms with Crippen molar-refractivity contribution in [2.24, 2.45) is 0 Å². The van der Waals surface area contributed by atoms with Gasteiger partial charge in [-0.25, -0.2) is 10.2 Å². The van der Waals surface area contributed by atoms with Crippen molar-refractivity contribution in [3.05, 3.63) is 0 Å². The van der Waals surface area contributed by atoms with Crippen molar-refractivity contribution in [1.29, 1.82) is 0 Å². The van der Waals surface area contributed by atoms with Gasteiger partial charge in [-0.15, -0.1) is 0 Å². The van der Waals surface area contributed by atoms with E-state index in [1.807, 2.05) is 6.92 Å². The first-order valence-electron chi connectivity index (χ1n) is 5.30. The Balaban J connectivity index is 3.12. The standard InChI is InChI=1S/C9H19N5O2/c1-5-6-13-8(16)14(12-4)7(15)9(13,10-2)11-3/h10-12H,5-6H2,1-4H3. The Kier molecular flexibility index (Phi) is 3.84. The van der Waals surface area contributed by atoms with Crippen molar-refractivity contribution in [1.82, 2.24) is 26.0 Å². The van der Waals surface area contributed by atoms with Gasteiger partial charge in [0, 0.05) is 13.6 Å². The maximum Gasteiger partial charge on any atom is 0.344 e. The van der Waals surface area contributed by atoms with E-state index in [-0.39, 0.29) is 11.9 Å². The molecule has 1 saturated heterocycles. The predicted octanol–water partition coefficient (Wildman–Crippen LogP) is -1.11. The Morgan fingerprint density at radius 3 is 2.12 bits per heavy atom. The number of carbonyl (C=O) groups excluding carboxylic acids is 2. The molecule has 7 heteroatoms. The number of hydrogen-bond donors (Lipinski definition) is 3. The number of urea groups is 1. The molecule has 0 aromatic rings. The van der Waals surface area contributed by atoms with E-state index in [0.717, 1.165) is 11.4 Å². The predicted molar refractivity (Wildman–Crippen MR) is 59.1 cm³/mol. The van der Waals surface area contributed by atoms with E-state index in [4.69, 9.17) is 0 Å². The number of nitrogens with one attached hydrogen (secondary N) is 3. The summed E-state index contributed by atoms with van der Waals surface area (Å²) in [6.07, 6.45) is 0.779. The zero-order valence-electron chi connectivity index (χ0n) is 10.1. The molecule has 3 N–H and O–H groups in total. The van der Waals surface area contributed by atoms with Crippen LogP contribution in [0.3, 0.4) is 0 Å². The number of hydrogen-bond acceptors (Lipinski definition) is 5. The molecule has 16 heavy (non-hydrogen) atoms. The van der Waals surface area contributed by atoms with E-state index in [9.17, 15) is 9.59 Å². The van der Waals surface area contributed by atoms with Gasteiger partial charge in [-0.1, -0.05) is 6.92 Å². The summed E-state index contributed by atoms with van der Waals surface area (Å²) in [5.41, 5.74) is 2.59. The summed E-state index contributed by atoms with van der Waals surface area (Å²) < 4.78 is 0. The first kappa shape index (κ1) is 12.9. The third kappa shape index (κ3) is 1.57. The van der Waals surface area contributed by atoms with Crippen LogP contribution in [0.4, 0.5) is 4.79 Å². The summed E-state index contributed by atoms with van der Waals surface area (Å²) in [5, 5.41) is 6.74. The molecule has 0 spiro atoms. The molecule has 7 nitrogen and oxygen atoms in total. The van der Waals surface area contributed by atoms with E-state index in [0.29, 0.717) is 6.54 Å². The zero-order valence-corrected chi connectivity index (χ0v) is 10.1. The minimum Gasteiger partial charge on any atom is -0.284 e. The van der Waals surface area contributed by atoms with Crippen molar-refractivity contribution in [2.45, 2.75) is 19.1 Å². The Morgan fingerprint density at radius 2 is 1.75 bits per heavy atom. The maximum absolute atomic E-state index is 12.1. The van der Waals surface area contributed by atoms with Gasteiger partial charge in [-0.3, -0.25) is 20.3 Å². The summed E-state index contributed by atoms with van der Waals surface area (Å²) in [4.78, 5) is 25.5. The topological polar surface area (TPSA) is 76.7 Å². The van der Waals surface area contributed by atoms with E-state index < -0.39 is 5.79 Å². The molecule has 0 aromatic carbocycles. The number of nitrogens with zero attached hydrogens (tertiary/aromatic N) is 2. The minimum absolute atomic E-state index is 0.349. The van der Waals surface area contributed by atoms with Gasteiger partial charge in [-0.05, 0) is 20.5 Å². The first-order valence-corrected chi connectivity index (χ1v) is 5.30. The molecule has 92 valence electrons. The molecule has 1 aliphatic rings. The van der Waals surface area contributed by atoms with Crippen LogP contribution in [0.25, 0.3) is 0 Å². The van der Waals surface area contributed by atoms with E-state index in [1.54, 1.807) is 21.1 Å². The molecule has 0 radical (unpaired) electrons. The molecular formula is C9H19N5O2. The van der Waals surface area contributed by atoms with Crippen LogP contribution >= 0.6 is 0 Å². The number of amides is 3. The lowest BCUT2D eigenvalue weighted by Gasteiger charge is -2.33. The third-order valence-corrected chi connectivity index (χ3v) is 2.73. The Hall–Kier alpha value is -1.18. The second kappa shape index (κ2) is 4.77. The van der Waals surface area contributed by atoms with Crippen LogP contribution in [0.2, 0.25) is 0 Å².